The van der Waals surface area contributed by atoms with E-state index in [2.05, 4.69) is 5.73 Å². The molecule has 0 bridgehead atoms. The molecule has 1 unspecified atom stereocenters. The Morgan fingerprint density at radius 3 is 2.29 bits per heavy atom. The molecule has 7 heavy (non-hydrogen) atoms. The predicted molar refractivity (Wildman–Crippen MR) is 21.4 cm³/mol. The molecule has 40 valence electrons. The monoisotopic (exact) mass is 125 g/mol. The molecule has 0 radical (unpaired) electrons. The van der Waals surface area contributed by atoms with Crippen LogP contribution < -0.4 is 10.8 Å². The van der Waals surface area contributed by atoms with Crippen LogP contribution in [-0.4, -0.2) is 6.03 Å². The highest BCUT2D eigenvalue weighted by Gasteiger charge is 2.14. The van der Waals surface area contributed by atoms with Crippen molar-refractivity contribution in [3.63, 3.8) is 0 Å². The first kappa shape index (κ1) is 6.30. The Morgan fingerprint density at radius 2 is 2.29 bits per heavy atom. The van der Waals surface area contributed by atoms with E-state index in [-0.39, 0.29) is 0 Å². The van der Waals surface area contributed by atoms with Gasteiger partial charge in [0, 0.05) is 4.57 Å². The third kappa shape index (κ3) is 5.30. The number of primary amides is 1. The van der Waals surface area contributed by atoms with E-state index in [9.17, 15) is 13.6 Å². The van der Waals surface area contributed by atoms with Gasteiger partial charge in [-0.25, -0.2) is 4.79 Å². The van der Waals surface area contributed by atoms with Crippen LogP contribution in [0.15, 0.2) is 0 Å². The van der Waals surface area contributed by atoms with Gasteiger partial charge in [0.2, 0.25) is 0 Å². The molecular formula is CH3FN2O2P+. The van der Waals surface area contributed by atoms with Gasteiger partial charge in [0.25, 0.3) is 0 Å². The number of nitrogens with two attached hydrogens (primary N) is 1. The molecular weight excluding hydrogens is 122 g/mol. The molecule has 0 aliphatic carbocycles. The van der Waals surface area contributed by atoms with Gasteiger partial charge in [-0.1, -0.05) is 5.09 Å². The van der Waals surface area contributed by atoms with Gasteiger partial charge >= 0.3 is 14.3 Å². The molecule has 4 nitrogen and oxygen atoms in total. The fourth-order valence-corrected chi connectivity index (χ4v) is 0.260. The second-order valence-electron chi connectivity index (χ2n) is 0.721. The van der Waals surface area contributed by atoms with Gasteiger partial charge in [0.15, 0.2) is 0 Å². The average Bonchev–Trinajstić information content (AvgIpc) is 1.27. The fourth-order valence-electron chi connectivity index (χ4n) is 0.0866. The Hall–Kier alpha value is -0.700. The molecule has 1 atom stereocenters. The average molecular weight is 125 g/mol. The Kier molecular flexibility index (Phi) is 2.22. The number of halogens is 1. The highest BCUT2D eigenvalue weighted by atomic mass is 31.1. The molecule has 2 amide bonds. The van der Waals surface area contributed by atoms with E-state index in [0.717, 1.165) is 0 Å². The van der Waals surface area contributed by atoms with Crippen LogP contribution in [0.4, 0.5) is 8.99 Å². The lowest BCUT2D eigenvalue weighted by Gasteiger charge is -1.72. The molecule has 0 heterocycles. The molecule has 0 spiro atoms. The topological polar surface area (TPSA) is 72.2 Å². The Balaban J connectivity index is 3.32. The largest absolute Gasteiger partial charge is 0.695 e. The van der Waals surface area contributed by atoms with E-state index in [0.29, 0.717) is 0 Å². The molecule has 0 saturated carbocycles. The quantitative estimate of drug-likeness (QED) is 0.494. The maximum atomic E-state index is 11.0. The molecule has 6 heteroatoms. The summed E-state index contributed by atoms with van der Waals surface area (Å²) in [5, 5.41) is 1.29. The lowest BCUT2D eigenvalue weighted by molar-refractivity contribution is 0.253. The molecule has 0 saturated heterocycles. The van der Waals surface area contributed by atoms with Crippen LogP contribution in [0.2, 0.25) is 0 Å². The van der Waals surface area contributed by atoms with E-state index in [1.807, 2.05) is 0 Å². The van der Waals surface area contributed by atoms with Crippen molar-refractivity contribution in [3.05, 3.63) is 0 Å². The van der Waals surface area contributed by atoms with Gasteiger partial charge in [-0.3, -0.25) is 0 Å². The van der Waals surface area contributed by atoms with Crippen LogP contribution in [0.25, 0.3) is 0 Å². The summed E-state index contributed by atoms with van der Waals surface area (Å²) >= 11 is 0. The number of carbonyl (C=O) groups excluding carboxylic acids is 1. The van der Waals surface area contributed by atoms with Crippen LogP contribution in [0, 0.1) is 0 Å². The lowest BCUT2D eigenvalue weighted by Crippen LogP contribution is -2.21. The molecule has 0 rings (SSSR count). The van der Waals surface area contributed by atoms with Gasteiger partial charge in [-0.05, 0) is 0 Å². The highest BCUT2D eigenvalue weighted by molar-refractivity contribution is 7.37. The zero-order valence-corrected chi connectivity index (χ0v) is 4.11. The van der Waals surface area contributed by atoms with Crippen LogP contribution >= 0.6 is 8.26 Å². The van der Waals surface area contributed by atoms with Crippen molar-refractivity contribution in [3.8, 4) is 0 Å². The lowest BCUT2D eigenvalue weighted by atomic mass is 11.2. The number of hydrogen-bond donors (Lipinski definition) is 2. The first-order valence-corrected chi connectivity index (χ1v) is 2.47. The smallest absolute Gasteiger partial charge is 0.349 e. The minimum Gasteiger partial charge on any atom is -0.349 e. The maximum Gasteiger partial charge on any atom is 0.695 e. The molecule has 0 aliphatic heterocycles. The molecule has 0 fully saturated rings. The second-order valence-corrected chi connectivity index (χ2v) is 1.43. The van der Waals surface area contributed by atoms with Crippen molar-refractivity contribution in [1.29, 1.82) is 0 Å². The fraction of sp³-hybridized carbons (Fsp3) is 0. The van der Waals surface area contributed by atoms with Crippen molar-refractivity contribution in [2.75, 3.05) is 0 Å². The molecule has 3 N–H and O–H groups in total. The number of rotatable bonds is 1. The molecule has 0 aromatic rings. The third-order valence-electron chi connectivity index (χ3n) is 0.198. The summed E-state index contributed by atoms with van der Waals surface area (Å²) in [4.78, 5) is 9.50. The summed E-state index contributed by atoms with van der Waals surface area (Å²) in [6, 6.07) is -1.12. The van der Waals surface area contributed by atoms with Crippen molar-refractivity contribution < 1.29 is 13.6 Å². The van der Waals surface area contributed by atoms with E-state index < -0.39 is 14.3 Å². The first-order chi connectivity index (χ1) is 3.13. The van der Waals surface area contributed by atoms with Gasteiger partial charge in [-0.2, -0.15) is 0 Å². The number of hydrogen-bond acceptors (Lipinski definition) is 2. The minimum absolute atomic E-state index is 1.12. The SMILES string of the molecule is NC(=O)N[P+](=O)F. The van der Waals surface area contributed by atoms with Crippen LogP contribution in [0.1, 0.15) is 0 Å². The third-order valence-corrected chi connectivity index (χ3v) is 0.594. The van der Waals surface area contributed by atoms with Crippen molar-refractivity contribution in [2.45, 2.75) is 0 Å². The standard InChI is InChI=1S/CH2FN2O2P/c2-7(6)4-1(3)5/h(H2-,3,4,5,6)/p+1. The van der Waals surface area contributed by atoms with Crippen molar-refractivity contribution in [2.24, 2.45) is 5.73 Å². The highest BCUT2D eigenvalue weighted by Crippen LogP contribution is 2.12. The summed E-state index contributed by atoms with van der Waals surface area (Å²) in [7, 11) is -3.11. The van der Waals surface area contributed by atoms with E-state index in [1.165, 1.54) is 5.09 Å². The molecule has 0 aromatic carbocycles. The summed E-state index contributed by atoms with van der Waals surface area (Å²) in [6.07, 6.45) is 0. The number of urea groups is 1. The van der Waals surface area contributed by atoms with Crippen LogP contribution in [0.3, 0.4) is 0 Å². The van der Waals surface area contributed by atoms with Crippen LogP contribution in [0.5, 0.6) is 0 Å². The molecule has 0 aliphatic rings. The summed E-state index contributed by atoms with van der Waals surface area (Å²) in [5.41, 5.74) is 4.32. The normalized spacial score (nSPS) is 10.1. The Bertz CT molecular complexity index is 91.9. The zero-order valence-electron chi connectivity index (χ0n) is 3.22. The van der Waals surface area contributed by atoms with E-state index in [1.54, 1.807) is 0 Å². The van der Waals surface area contributed by atoms with Gasteiger partial charge in [0.1, 0.15) is 0 Å². The number of carbonyl (C=O) groups is 1. The summed E-state index contributed by atoms with van der Waals surface area (Å²) in [5.74, 6) is 0. The van der Waals surface area contributed by atoms with Crippen molar-refractivity contribution >= 4 is 14.3 Å². The van der Waals surface area contributed by atoms with E-state index >= 15 is 0 Å². The Morgan fingerprint density at radius 1 is 1.86 bits per heavy atom. The van der Waals surface area contributed by atoms with Crippen molar-refractivity contribution in [1.82, 2.24) is 5.09 Å². The summed E-state index contributed by atoms with van der Waals surface area (Å²) < 4.78 is 20.4. The van der Waals surface area contributed by atoms with E-state index in [4.69, 9.17) is 0 Å². The zero-order chi connectivity index (χ0) is 5.86. The molecule has 0 aromatic heterocycles. The first-order valence-electron chi connectivity index (χ1n) is 1.32. The number of nitrogens with one attached hydrogen (secondary N) is 1. The maximum absolute atomic E-state index is 11.0. The minimum atomic E-state index is -3.11. The predicted octanol–water partition coefficient (Wildman–Crippen LogP) is 0.282. The number of amides is 2. The Labute approximate surface area is 39.8 Å². The second kappa shape index (κ2) is 2.47. The van der Waals surface area contributed by atoms with Crippen LogP contribution in [-0.2, 0) is 4.57 Å². The van der Waals surface area contributed by atoms with Gasteiger partial charge in [0.05, 0.1) is 4.20 Å². The van der Waals surface area contributed by atoms with Gasteiger partial charge < -0.3 is 5.73 Å². The summed E-state index contributed by atoms with van der Waals surface area (Å²) in [6.45, 7) is 0. The van der Waals surface area contributed by atoms with Gasteiger partial charge in [-0.15, -0.1) is 0 Å².